The normalized spacial score (nSPS) is 27.7. The molecule has 4 atom stereocenters. The molecule has 1 saturated carbocycles. The summed E-state index contributed by atoms with van der Waals surface area (Å²) in [5, 5.41) is 13.7. The second-order valence-electron chi connectivity index (χ2n) is 9.43. The summed E-state index contributed by atoms with van der Waals surface area (Å²) >= 11 is 11.8. The summed E-state index contributed by atoms with van der Waals surface area (Å²) in [6, 6.07) is 12.5. The van der Waals surface area contributed by atoms with Crippen LogP contribution in [0, 0.1) is 17.7 Å². The van der Waals surface area contributed by atoms with Crippen LogP contribution in [0.25, 0.3) is 0 Å². The van der Waals surface area contributed by atoms with Crippen molar-refractivity contribution in [3.05, 3.63) is 64.4 Å². The van der Waals surface area contributed by atoms with Gasteiger partial charge in [0, 0.05) is 17.3 Å². The lowest BCUT2D eigenvalue weighted by Gasteiger charge is -2.50. The van der Waals surface area contributed by atoms with Crippen molar-refractivity contribution in [2.45, 2.75) is 56.4 Å². The first-order valence-corrected chi connectivity index (χ1v) is 11.8. The summed E-state index contributed by atoms with van der Waals surface area (Å²) in [6.07, 6.45) is 3.86. The Kier molecular flexibility index (Phi) is 6.71. The smallest absolute Gasteiger partial charge is 0.349 e. The molecule has 0 aromatic heterocycles. The van der Waals surface area contributed by atoms with E-state index >= 15 is 0 Å². The van der Waals surface area contributed by atoms with E-state index in [2.05, 4.69) is 5.32 Å². The first kappa shape index (κ1) is 23.3. The van der Waals surface area contributed by atoms with Gasteiger partial charge in [-0.2, -0.15) is 0 Å². The number of hydrogen-bond donors (Lipinski definition) is 2. The standard InChI is InChI=1S/C25H28Cl2FNO3/c1-16(15-30)12-17-14-25(23(31)32-27,29-19-5-2-4-18(26)13-19)11-10-24(17)9-8-20-21(24)6-3-7-22(20)28/h2-7,13,16-17,29-30H,8-12,14-15H2,1H3/t16-,17?,24?,25?/m1/s1. The van der Waals surface area contributed by atoms with E-state index in [1.54, 1.807) is 18.2 Å². The monoisotopic (exact) mass is 479 g/mol. The Bertz CT molecular complexity index is 1000. The van der Waals surface area contributed by atoms with Crippen LogP contribution in [0.15, 0.2) is 42.5 Å². The number of carbonyl (C=O) groups excluding carboxylic acids is 1. The molecule has 4 rings (SSSR count). The lowest BCUT2D eigenvalue weighted by molar-refractivity contribution is -0.142. The summed E-state index contributed by atoms with van der Waals surface area (Å²) in [7, 11) is 0. The molecule has 2 aliphatic rings. The molecule has 0 saturated heterocycles. The van der Waals surface area contributed by atoms with E-state index in [-0.39, 0.29) is 29.7 Å². The number of halogens is 3. The fourth-order valence-electron chi connectivity index (χ4n) is 5.94. The van der Waals surface area contributed by atoms with Crippen molar-refractivity contribution in [1.29, 1.82) is 0 Å². The Morgan fingerprint density at radius 1 is 1.28 bits per heavy atom. The van der Waals surface area contributed by atoms with Gasteiger partial charge in [-0.3, -0.25) is 0 Å². The van der Waals surface area contributed by atoms with Crippen molar-refractivity contribution >= 4 is 35.1 Å². The fraction of sp³-hybridized carbons (Fsp3) is 0.480. The predicted molar refractivity (Wildman–Crippen MR) is 124 cm³/mol. The summed E-state index contributed by atoms with van der Waals surface area (Å²) in [6.45, 7) is 2.05. The van der Waals surface area contributed by atoms with Gasteiger partial charge in [0.25, 0.3) is 0 Å². The molecular formula is C25H28Cl2FNO3. The first-order chi connectivity index (χ1) is 15.3. The summed E-state index contributed by atoms with van der Waals surface area (Å²) in [5.74, 6) is -0.622. The van der Waals surface area contributed by atoms with Crippen molar-refractivity contribution < 1.29 is 18.6 Å². The molecule has 2 aromatic carbocycles. The van der Waals surface area contributed by atoms with Crippen molar-refractivity contribution in [2.75, 3.05) is 11.9 Å². The molecule has 4 nitrogen and oxygen atoms in total. The van der Waals surface area contributed by atoms with Gasteiger partial charge in [-0.1, -0.05) is 36.7 Å². The molecular weight excluding hydrogens is 452 g/mol. The van der Waals surface area contributed by atoms with E-state index in [0.29, 0.717) is 42.8 Å². The maximum atomic E-state index is 14.6. The van der Waals surface area contributed by atoms with Gasteiger partial charge in [0.1, 0.15) is 23.2 Å². The van der Waals surface area contributed by atoms with Gasteiger partial charge in [0.15, 0.2) is 0 Å². The number of benzene rings is 2. The predicted octanol–water partition coefficient (Wildman–Crippen LogP) is 6.03. The van der Waals surface area contributed by atoms with Crippen molar-refractivity contribution in [1.82, 2.24) is 0 Å². The van der Waals surface area contributed by atoms with Gasteiger partial charge in [0.05, 0.1) is 0 Å². The highest BCUT2D eigenvalue weighted by atomic mass is 35.5. The maximum Gasteiger partial charge on any atom is 0.349 e. The number of hydrogen-bond acceptors (Lipinski definition) is 4. The molecule has 0 radical (unpaired) electrons. The largest absolute Gasteiger partial charge is 0.396 e. The number of carbonyl (C=O) groups is 1. The zero-order valence-corrected chi connectivity index (χ0v) is 19.6. The van der Waals surface area contributed by atoms with Crippen LogP contribution in [-0.2, 0) is 20.9 Å². The highest BCUT2D eigenvalue weighted by Gasteiger charge is 2.56. The Morgan fingerprint density at radius 3 is 2.78 bits per heavy atom. The zero-order valence-electron chi connectivity index (χ0n) is 18.0. The summed E-state index contributed by atoms with van der Waals surface area (Å²) in [5.41, 5.74) is 1.26. The summed E-state index contributed by atoms with van der Waals surface area (Å²) in [4.78, 5) is 13.0. The van der Waals surface area contributed by atoms with E-state index in [1.165, 1.54) is 6.07 Å². The summed E-state index contributed by atoms with van der Waals surface area (Å²) < 4.78 is 19.3. The van der Waals surface area contributed by atoms with Gasteiger partial charge in [0.2, 0.25) is 0 Å². The molecule has 2 N–H and O–H groups in total. The van der Waals surface area contributed by atoms with Gasteiger partial charge in [-0.05, 0) is 91.2 Å². The minimum atomic E-state index is -1.03. The third kappa shape index (κ3) is 4.11. The van der Waals surface area contributed by atoms with E-state index in [1.807, 2.05) is 25.1 Å². The second kappa shape index (κ2) is 9.20. The quantitative estimate of drug-likeness (QED) is 0.530. The van der Waals surface area contributed by atoms with Crippen molar-refractivity contribution in [3.63, 3.8) is 0 Å². The number of fused-ring (bicyclic) bond motifs is 2. The number of aliphatic hydroxyl groups is 1. The maximum absolute atomic E-state index is 14.6. The fourth-order valence-corrected chi connectivity index (χ4v) is 6.28. The zero-order chi connectivity index (χ0) is 22.9. The van der Waals surface area contributed by atoms with E-state index in [0.717, 1.165) is 17.5 Å². The molecule has 7 heteroatoms. The molecule has 0 heterocycles. The van der Waals surface area contributed by atoms with Crippen LogP contribution in [0.3, 0.4) is 0 Å². The lowest BCUT2D eigenvalue weighted by Crippen LogP contribution is -2.56. The molecule has 2 aliphatic carbocycles. The second-order valence-corrected chi connectivity index (χ2v) is 10.0. The van der Waals surface area contributed by atoms with E-state index in [4.69, 9.17) is 27.8 Å². The van der Waals surface area contributed by atoms with Gasteiger partial charge < -0.3 is 14.7 Å². The van der Waals surface area contributed by atoms with Crippen molar-refractivity contribution in [3.8, 4) is 0 Å². The first-order valence-electron chi connectivity index (χ1n) is 11.1. The molecule has 2 aromatic rings. The average Bonchev–Trinajstić information content (AvgIpc) is 3.16. The van der Waals surface area contributed by atoms with Crippen molar-refractivity contribution in [2.24, 2.45) is 11.8 Å². The third-order valence-electron chi connectivity index (χ3n) is 7.52. The minimum Gasteiger partial charge on any atom is -0.396 e. The van der Waals surface area contributed by atoms with Crippen LogP contribution in [-0.4, -0.2) is 23.2 Å². The molecule has 3 unspecified atom stereocenters. The molecule has 1 fully saturated rings. The molecule has 0 amide bonds. The average molecular weight is 480 g/mol. The molecule has 172 valence electrons. The third-order valence-corrected chi connectivity index (χ3v) is 7.89. The topological polar surface area (TPSA) is 58.6 Å². The lowest BCUT2D eigenvalue weighted by atomic mass is 9.56. The van der Waals surface area contributed by atoms with Crippen LogP contribution in [0.2, 0.25) is 5.02 Å². The van der Waals surface area contributed by atoms with Crippen LogP contribution < -0.4 is 5.32 Å². The van der Waals surface area contributed by atoms with Crippen LogP contribution in [0.5, 0.6) is 0 Å². The number of rotatable bonds is 6. The van der Waals surface area contributed by atoms with Crippen LogP contribution >= 0.6 is 23.5 Å². The highest BCUT2D eigenvalue weighted by molar-refractivity contribution is 6.30. The van der Waals surface area contributed by atoms with E-state index < -0.39 is 11.5 Å². The van der Waals surface area contributed by atoms with Gasteiger partial charge in [-0.15, -0.1) is 0 Å². The van der Waals surface area contributed by atoms with Gasteiger partial charge >= 0.3 is 5.97 Å². The Balaban J connectivity index is 1.74. The molecule has 0 bridgehead atoms. The van der Waals surface area contributed by atoms with Crippen LogP contribution in [0.1, 0.15) is 50.2 Å². The number of nitrogens with one attached hydrogen (secondary N) is 1. The molecule has 0 aliphatic heterocycles. The Hall–Kier alpha value is -1.82. The molecule has 1 spiro atoms. The Labute approximate surface area is 198 Å². The SMILES string of the molecule is C[C@@H](CO)CC1CC(Nc2cccc(Cl)c2)(C(=O)OCl)CCC12CCc1c(F)cccc12. The number of aliphatic hydroxyl groups excluding tert-OH is 1. The highest BCUT2D eigenvalue weighted by Crippen LogP contribution is 2.57. The molecule has 32 heavy (non-hydrogen) atoms. The van der Waals surface area contributed by atoms with Gasteiger partial charge in [-0.25, -0.2) is 9.18 Å². The Morgan fingerprint density at radius 2 is 2.06 bits per heavy atom. The van der Waals surface area contributed by atoms with E-state index in [9.17, 15) is 14.3 Å². The van der Waals surface area contributed by atoms with Crippen LogP contribution in [0.4, 0.5) is 10.1 Å². The minimum absolute atomic E-state index is 0.0314. The number of anilines is 1.